The van der Waals surface area contributed by atoms with Crippen LogP contribution in [-0.2, 0) is 23.6 Å². The van der Waals surface area contributed by atoms with Gasteiger partial charge < -0.3 is 22.6 Å². The van der Waals surface area contributed by atoms with E-state index >= 15 is 0 Å². The predicted molar refractivity (Wildman–Crippen MR) is 194 cm³/mol. The van der Waals surface area contributed by atoms with Gasteiger partial charge in [-0.3, -0.25) is 0 Å². The molecule has 48 heavy (non-hydrogen) atoms. The van der Waals surface area contributed by atoms with Crippen LogP contribution in [0.4, 0.5) is 25.8 Å². The summed E-state index contributed by atoms with van der Waals surface area (Å²) in [6.07, 6.45) is 0. The molecule has 2 aliphatic heterocycles. The largest absolute Gasteiger partial charge is 0.464 e. The zero-order chi connectivity index (χ0) is 33.1. The van der Waals surface area contributed by atoms with E-state index in [1.807, 2.05) is 12.1 Å². The molecule has 2 heterocycles. The first-order valence-corrected chi connectivity index (χ1v) is 20.0. The number of hydrogen-bond donors (Lipinski definition) is 0. The average molecular weight is 717 g/mol. The Morgan fingerprint density at radius 2 is 1.23 bits per heavy atom. The van der Waals surface area contributed by atoms with Crippen LogP contribution in [0.15, 0.2) is 127 Å². The second-order valence-corrected chi connectivity index (χ2v) is 14.7. The smallest absolute Gasteiger partial charge is 0.129 e. The molecule has 0 radical (unpaired) electrons. The van der Waals surface area contributed by atoms with Gasteiger partial charge in [0.1, 0.15) is 11.6 Å². The van der Waals surface area contributed by atoms with E-state index < -0.39 is 28.7 Å². The molecule has 0 aromatic heterocycles. The van der Waals surface area contributed by atoms with Crippen molar-refractivity contribution in [3.63, 3.8) is 0 Å². The van der Waals surface area contributed by atoms with E-state index in [-0.39, 0.29) is 25.5 Å². The van der Waals surface area contributed by atoms with Gasteiger partial charge >= 0.3 is 35.6 Å². The fraction of sp³-hybridized carbons (Fsp3) is 0.200. The molecule has 5 atom stereocenters. The van der Waals surface area contributed by atoms with Crippen molar-refractivity contribution in [2.45, 2.75) is 38.3 Å². The Morgan fingerprint density at radius 3 is 1.88 bits per heavy atom. The Balaban J connectivity index is 0.000000180. The minimum Gasteiger partial charge on any atom is -0.464 e. The first kappa shape index (κ1) is 35.8. The third-order valence-electron chi connectivity index (χ3n) is 9.82. The van der Waals surface area contributed by atoms with Gasteiger partial charge in [-0.25, -0.2) is 8.78 Å². The Kier molecular flexibility index (Phi) is 11.8. The monoisotopic (exact) mass is 715 g/mol. The van der Waals surface area contributed by atoms with E-state index in [0.29, 0.717) is 35.3 Å². The predicted octanol–water partition coefficient (Wildman–Crippen LogP) is 11.5. The van der Waals surface area contributed by atoms with Crippen LogP contribution in [0.3, 0.4) is 0 Å². The standard InChI is InChI=1S/C25H25N.C14H9F2N2.CH3.2ClH.Ti/c1-17-18(2)24-21-15-9-10-16-22(21)26(20-13-7-4-8-14-20)25(24)23(17)19-11-5-3-6-12-19;15-11-6-3-7-12(16)13(11)18-8-9-4-1-2-5-10(9)14(18)17;;;;/h3-18,23-25H,1-2H3;1-7H,8H2;1H3;2*1H;/q;2*-1;;;+2/p-2. The van der Waals surface area contributed by atoms with E-state index in [0.717, 1.165) is 5.56 Å². The number of halogens is 4. The first-order valence-electron chi connectivity index (χ1n) is 15.7. The molecule has 0 bridgehead atoms. The Labute approximate surface area is 299 Å². The Morgan fingerprint density at radius 1 is 0.688 bits per heavy atom. The van der Waals surface area contributed by atoms with E-state index in [9.17, 15) is 14.2 Å². The Bertz CT molecular complexity index is 1820. The third kappa shape index (κ3) is 6.71. The van der Waals surface area contributed by atoms with Crippen LogP contribution in [0.5, 0.6) is 0 Å². The molecule has 3 aliphatic rings. The molecule has 0 spiro atoms. The zero-order valence-electron chi connectivity index (χ0n) is 27.1. The van der Waals surface area contributed by atoms with Crippen molar-refractivity contribution >= 4 is 41.5 Å². The Hall–Kier alpha value is -3.48. The molecule has 1 saturated carbocycles. The van der Waals surface area contributed by atoms with Crippen LogP contribution in [0.25, 0.3) is 5.41 Å². The number of anilines is 3. The number of fused-ring (bicyclic) bond motifs is 4. The van der Waals surface area contributed by atoms with Crippen LogP contribution in [0.2, 0.25) is 0 Å². The summed E-state index contributed by atoms with van der Waals surface area (Å²) in [6, 6.07) is 42.4. The van der Waals surface area contributed by atoms with E-state index in [4.69, 9.17) is 18.6 Å². The maximum absolute atomic E-state index is 13.7. The normalized spacial score (nSPS) is 21.5. The second kappa shape index (κ2) is 15.8. The molecular formula is C40H37Cl2F2N3Ti-2. The number of nitrogens with zero attached hydrogens (tertiary/aromatic N) is 3. The summed E-state index contributed by atoms with van der Waals surface area (Å²) in [5.74, 6) is 0.973. The van der Waals surface area contributed by atoms with Crippen LogP contribution in [0.1, 0.15) is 47.9 Å². The van der Waals surface area contributed by atoms with Gasteiger partial charge in [0.15, 0.2) is 0 Å². The van der Waals surface area contributed by atoms with Crippen molar-refractivity contribution in [2.75, 3.05) is 9.80 Å². The summed E-state index contributed by atoms with van der Waals surface area (Å²) >= 11 is -0.556. The number of rotatable bonds is 3. The zero-order valence-corrected chi connectivity index (χ0v) is 30.1. The van der Waals surface area contributed by atoms with Crippen molar-refractivity contribution in [1.82, 2.24) is 0 Å². The number of para-hydroxylation sites is 3. The molecule has 1 aliphatic carbocycles. The van der Waals surface area contributed by atoms with Gasteiger partial charge in [-0.05, 0) is 71.0 Å². The summed E-state index contributed by atoms with van der Waals surface area (Å²) in [7, 11) is 9.78. The van der Waals surface area contributed by atoms with Crippen LogP contribution in [0, 0.1) is 30.9 Å². The molecule has 3 nitrogen and oxygen atoms in total. The molecule has 8 heteroatoms. The number of hydrogen-bond acceptors (Lipinski definition) is 1. The molecule has 0 amide bonds. The van der Waals surface area contributed by atoms with Gasteiger partial charge in [0, 0.05) is 34.9 Å². The van der Waals surface area contributed by atoms with Crippen LogP contribution >= 0.6 is 18.6 Å². The third-order valence-corrected chi connectivity index (χ3v) is 9.82. The minimum absolute atomic E-state index is 0. The molecule has 5 aromatic rings. The summed E-state index contributed by atoms with van der Waals surface area (Å²) in [5.41, 5.74) is 6.96. The maximum Gasteiger partial charge on any atom is 0.129 e. The molecule has 8 rings (SSSR count). The summed E-state index contributed by atoms with van der Waals surface area (Å²) in [6.45, 7) is 5.17. The van der Waals surface area contributed by atoms with Gasteiger partial charge in [0.25, 0.3) is 0 Å². The van der Waals surface area contributed by atoms with Crippen molar-refractivity contribution in [2.24, 2.45) is 11.8 Å². The summed E-state index contributed by atoms with van der Waals surface area (Å²) in [4.78, 5) is 3.87. The molecule has 1 fully saturated rings. The second-order valence-electron chi connectivity index (χ2n) is 12.1. The number of benzene rings is 5. The summed E-state index contributed by atoms with van der Waals surface area (Å²) < 4.78 is 27.4. The maximum atomic E-state index is 13.7. The van der Waals surface area contributed by atoms with Gasteiger partial charge in [-0.15, -0.1) is 0 Å². The SMILES string of the molecule is CC1C(C)C2c3ccccc3N(c3ccccc3)C2C1c1ccccc1.[CH3-].[Cl][Ti][Cl].[N-]=C1c2ccccc2CN1c1c(F)cccc1F. The van der Waals surface area contributed by atoms with E-state index in [2.05, 4.69) is 104 Å². The van der Waals surface area contributed by atoms with Crippen LogP contribution in [-0.4, -0.2) is 11.9 Å². The van der Waals surface area contributed by atoms with E-state index in [1.165, 1.54) is 45.6 Å². The molecule has 0 saturated heterocycles. The topological polar surface area (TPSA) is 28.8 Å². The van der Waals surface area contributed by atoms with Crippen molar-refractivity contribution in [3.8, 4) is 0 Å². The molecule has 246 valence electrons. The molecule has 0 N–H and O–H groups in total. The quantitative estimate of drug-likeness (QED) is 0.137. The minimum atomic E-state index is -0.686. The average Bonchev–Trinajstić information content (AvgIpc) is 3.69. The van der Waals surface area contributed by atoms with Gasteiger partial charge in [-0.2, -0.15) is 0 Å². The van der Waals surface area contributed by atoms with Crippen molar-refractivity contribution in [1.29, 1.82) is 0 Å². The first-order chi connectivity index (χ1) is 22.9. The van der Waals surface area contributed by atoms with Gasteiger partial charge in [-0.1, -0.05) is 117 Å². The van der Waals surface area contributed by atoms with Gasteiger partial charge in [0.05, 0.1) is 0 Å². The summed E-state index contributed by atoms with van der Waals surface area (Å²) in [5, 5.41) is 10.1. The number of amidine groups is 1. The van der Waals surface area contributed by atoms with Crippen molar-refractivity contribution < 1.29 is 25.8 Å². The molecule has 5 aromatic carbocycles. The van der Waals surface area contributed by atoms with Crippen LogP contribution < -0.4 is 9.80 Å². The van der Waals surface area contributed by atoms with E-state index in [1.54, 1.807) is 12.1 Å². The molecule has 5 unspecified atom stereocenters. The van der Waals surface area contributed by atoms with Gasteiger partial charge in [0.2, 0.25) is 0 Å². The fourth-order valence-electron chi connectivity index (χ4n) is 7.71. The fourth-order valence-corrected chi connectivity index (χ4v) is 7.71. The molecular weight excluding hydrogens is 679 g/mol. The van der Waals surface area contributed by atoms with Crippen molar-refractivity contribution in [3.05, 3.63) is 174 Å².